The maximum Gasteiger partial charge on any atom is 0.287 e. The molecule has 1 amide bonds. The van der Waals surface area contributed by atoms with E-state index in [4.69, 9.17) is 13.9 Å². The van der Waals surface area contributed by atoms with Crippen molar-refractivity contribution in [3.63, 3.8) is 0 Å². The molecule has 1 unspecified atom stereocenters. The lowest BCUT2D eigenvalue weighted by Crippen LogP contribution is -2.35. The van der Waals surface area contributed by atoms with E-state index in [0.29, 0.717) is 24.6 Å². The fourth-order valence-corrected chi connectivity index (χ4v) is 2.15. The first-order valence-corrected chi connectivity index (χ1v) is 6.46. The summed E-state index contributed by atoms with van der Waals surface area (Å²) in [6.07, 6.45) is 0. The summed E-state index contributed by atoms with van der Waals surface area (Å²) in [7, 11) is 3.19. The number of hydrogen-bond donors (Lipinski definition) is 1. The van der Waals surface area contributed by atoms with Crippen molar-refractivity contribution in [2.75, 3.05) is 20.8 Å². The molecule has 0 saturated heterocycles. The monoisotopic (exact) mass is 277 g/mol. The van der Waals surface area contributed by atoms with E-state index in [-0.39, 0.29) is 11.9 Å². The van der Waals surface area contributed by atoms with Gasteiger partial charge in [0.2, 0.25) is 0 Å². The summed E-state index contributed by atoms with van der Waals surface area (Å²) < 4.78 is 15.8. The molecule has 20 heavy (non-hydrogen) atoms. The van der Waals surface area contributed by atoms with Gasteiger partial charge in [0.05, 0.1) is 13.2 Å². The SMILES string of the molecule is COCc1c(C(=O)NC(C)COC)oc2ccccc12. The highest BCUT2D eigenvalue weighted by molar-refractivity contribution is 5.99. The molecule has 1 atom stereocenters. The molecule has 0 aliphatic heterocycles. The molecule has 1 N–H and O–H groups in total. The van der Waals surface area contributed by atoms with Crippen molar-refractivity contribution < 1.29 is 18.7 Å². The van der Waals surface area contributed by atoms with Gasteiger partial charge in [0, 0.05) is 31.2 Å². The highest BCUT2D eigenvalue weighted by atomic mass is 16.5. The average Bonchev–Trinajstić information content (AvgIpc) is 2.79. The first-order chi connectivity index (χ1) is 9.67. The van der Waals surface area contributed by atoms with Crippen molar-refractivity contribution in [3.8, 4) is 0 Å². The third-order valence-electron chi connectivity index (χ3n) is 2.99. The number of hydrogen-bond acceptors (Lipinski definition) is 4. The van der Waals surface area contributed by atoms with Gasteiger partial charge < -0.3 is 19.2 Å². The van der Waals surface area contributed by atoms with Crippen molar-refractivity contribution in [2.24, 2.45) is 0 Å². The second kappa shape index (κ2) is 6.54. The standard InChI is InChI=1S/C15H19NO4/c1-10(8-18-2)16-15(17)14-12(9-19-3)11-6-4-5-7-13(11)20-14/h4-7,10H,8-9H2,1-3H3,(H,16,17). The molecule has 1 heterocycles. The number of para-hydroxylation sites is 1. The Balaban J connectivity index is 2.32. The average molecular weight is 277 g/mol. The second-order valence-electron chi connectivity index (χ2n) is 4.67. The minimum absolute atomic E-state index is 0.0869. The molecule has 0 saturated carbocycles. The minimum atomic E-state index is -0.252. The van der Waals surface area contributed by atoms with Gasteiger partial charge in [-0.25, -0.2) is 0 Å². The Morgan fingerprint density at radius 2 is 2.05 bits per heavy atom. The molecule has 5 heteroatoms. The molecule has 1 aromatic heterocycles. The third-order valence-corrected chi connectivity index (χ3v) is 2.99. The van der Waals surface area contributed by atoms with Crippen LogP contribution >= 0.6 is 0 Å². The van der Waals surface area contributed by atoms with Crippen molar-refractivity contribution in [1.82, 2.24) is 5.32 Å². The summed E-state index contributed by atoms with van der Waals surface area (Å²) in [4.78, 5) is 12.3. The van der Waals surface area contributed by atoms with Gasteiger partial charge in [-0.15, -0.1) is 0 Å². The lowest BCUT2D eigenvalue weighted by molar-refractivity contribution is 0.0874. The van der Waals surface area contributed by atoms with Crippen LogP contribution in [0, 0.1) is 0 Å². The summed E-state index contributed by atoms with van der Waals surface area (Å²) >= 11 is 0. The molecule has 0 bridgehead atoms. The molecular formula is C15H19NO4. The largest absolute Gasteiger partial charge is 0.451 e. The zero-order chi connectivity index (χ0) is 14.5. The van der Waals surface area contributed by atoms with Crippen molar-refractivity contribution in [1.29, 1.82) is 0 Å². The molecule has 0 aliphatic carbocycles. The Labute approximate surface area is 117 Å². The summed E-state index contributed by atoms with van der Waals surface area (Å²) in [5, 5.41) is 3.75. The van der Waals surface area contributed by atoms with Crippen LogP contribution in [-0.2, 0) is 16.1 Å². The molecule has 0 spiro atoms. The van der Waals surface area contributed by atoms with Gasteiger partial charge in [-0.05, 0) is 13.0 Å². The third kappa shape index (κ3) is 3.00. The maximum atomic E-state index is 12.3. The second-order valence-corrected chi connectivity index (χ2v) is 4.67. The van der Waals surface area contributed by atoms with Crippen LogP contribution in [-0.4, -0.2) is 32.8 Å². The van der Waals surface area contributed by atoms with Gasteiger partial charge in [-0.2, -0.15) is 0 Å². The van der Waals surface area contributed by atoms with Crippen LogP contribution in [0.2, 0.25) is 0 Å². The van der Waals surface area contributed by atoms with Crippen LogP contribution in [0.1, 0.15) is 23.0 Å². The topological polar surface area (TPSA) is 60.7 Å². The van der Waals surface area contributed by atoms with Crippen LogP contribution in [0.5, 0.6) is 0 Å². The van der Waals surface area contributed by atoms with Gasteiger partial charge in [0.15, 0.2) is 5.76 Å². The van der Waals surface area contributed by atoms with E-state index in [1.807, 2.05) is 31.2 Å². The van der Waals surface area contributed by atoms with Crippen LogP contribution in [0.4, 0.5) is 0 Å². The number of methoxy groups -OCH3 is 2. The van der Waals surface area contributed by atoms with Gasteiger partial charge >= 0.3 is 0 Å². The number of carbonyl (C=O) groups is 1. The number of benzene rings is 1. The van der Waals surface area contributed by atoms with Gasteiger partial charge in [-0.1, -0.05) is 18.2 Å². The number of nitrogens with one attached hydrogen (secondary N) is 1. The van der Waals surface area contributed by atoms with E-state index in [2.05, 4.69) is 5.32 Å². The lowest BCUT2D eigenvalue weighted by atomic mass is 10.1. The smallest absolute Gasteiger partial charge is 0.287 e. The van der Waals surface area contributed by atoms with Crippen molar-refractivity contribution >= 4 is 16.9 Å². The first-order valence-electron chi connectivity index (χ1n) is 6.46. The van der Waals surface area contributed by atoms with E-state index in [0.717, 1.165) is 10.9 Å². The molecule has 108 valence electrons. The summed E-state index contributed by atoms with van der Waals surface area (Å²) in [5.41, 5.74) is 1.45. The molecule has 2 aromatic rings. The van der Waals surface area contributed by atoms with Crippen molar-refractivity contribution in [3.05, 3.63) is 35.6 Å². The van der Waals surface area contributed by atoms with E-state index >= 15 is 0 Å². The Hall–Kier alpha value is -1.85. The van der Waals surface area contributed by atoms with E-state index < -0.39 is 0 Å². The number of carbonyl (C=O) groups excluding carboxylic acids is 1. The summed E-state index contributed by atoms with van der Waals surface area (Å²) in [5.74, 6) is 0.0498. The fraction of sp³-hybridized carbons (Fsp3) is 0.400. The predicted octanol–water partition coefficient (Wildman–Crippen LogP) is 2.34. The van der Waals surface area contributed by atoms with Crippen LogP contribution in [0.3, 0.4) is 0 Å². The molecule has 0 aliphatic rings. The zero-order valence-corrected chi connectivity index (χ0v) is 11.9. The normalized spacial score (nSPS) is 12.6. The van der Waals surface area contributed by atoms with E-state index in [9.17, 15) is 4.79 Å². The Kier molecular flexibility index (Phi) is 4.76. The van der Waals surface area contributed by atoms with Crippen LogP contribution in [0.15, 0.2) is 28.7 Å². The number of amides is 1. The first kappa shape index (κ1) is 14.6. The molecular weight excluding hydrogens is 258 g/mol. The van der Waals surface area contributed by atoms with Crippen LogP contribution in [0.25, 0.3) is 11.0 Å². The number of fused-ring (bicyclic) bond motifs is 1. The molecule has 0 radical (unpaired) electrons. The van der Waals surface area contributed by atoms with E-state index in [1.165, 1.54) is 0 Å². The Morgan fingerprint density at radius 1 is 1.30 bits per heavy atom. The van der Waals surface area contributed by atoms with E-state index in [1.54, 1.807) is 14.2 Å². The quantitative estimate of drug-likeness (QED) is 0.880. The summed E-state index contributed by atoms with van der Waals surface area (Å²) in [6.45, 7) is 2.66. The zero-order valence-electron chi connectivity index (χ0n) is 11.9. The molecule has 5 nitrogen and oxygen atoms in total. The lowest BCUT2D eigenvalue weighted by Gasteiger charge is -2.12. The maximum absolute atomic E-state index is 12.3. The van der Waals surface area contributed by atoms with Gasteiger partial charge in [0.1, 0.15) is 5.58 Å². The van der Waals surface area contributed by atoms with Gasteiger partial charge in [-0.3, -0.25) is 4.79 Å². The molecule has 0 fully saturated rings. The fourth-order valence-electron chi connectivity index (χ4n) is 2.15. The van der Waals surface area contributed by atoms with Crippen LogP contribution < -0.4 is 5.32 Å². The summed E-state index contributed by atoms with van der Waals surface area (Å²) in [6, 6.07) is 7.45. The molecule has 1 aromatic carbocycles. The Morgan fingerprint density at radius 3 is 2.75 bits per heavy atom. The minimum Gasteiger partial charge on any atom is -0.451 e. The predicted molar refractivity (Wildman–Crippen MR) is 75.7 cm³/mol. The molecule has 2 rings (SSSR count). The number of furan rings is 1. The highest BCUT2D eigenvalue weighted by Crippen LogP contribution is 2.26. The highest BCUT2D eigenvalue weighted by Gasteiger charge is 2.21. The number of ether oxygens (including phenoxy) is 2. The number of rotatable bonds is 6. The van der Waals surface area contributed by atoms with Crippen molar-refractivity contribution in [2.45, 2.75) is 19.6 Å². The van der Waals surface area contributed by atoms with Gasteiger partial charge in [0.25, 0.3) is 5.91 Å². The Bertz CT molecular complexity index is 591.